The number of hydrogen-bond acceptors (Lipinski definition) is 11. The zero-order valence-electron chi connectivity index (χ0n) is 32.9. The summed E-state index contributed by atoms with van der Waals surface area (Å²) in [6, 6.07) is 1.84. The van der Waals surface area contributed by atoms with E-state index in [1.165, 1.54) is 33.7 Å². The number of urea groups is 3. The molecule has 6 atom stereocenters. The second kappa shape index (κ2) is 17.4. The molecule has 3 rings (SSSR count). The van der Waals surface area contributed by atoms with Crippen molar-refractivity contribution in [2.75, 3.05) is 40.3 Å². The van der Waals surface area contributed by atoms with Gasteiger partial charge in [0.25, 0.3) is 0 Å². The normalized spacial score (nSPS) is 26.7. The van der Waals surface area contributed by atoms with Crippen molar-refractivity contribution in [1.82, 2.24) is 29.4 Å². The Kier molecular flexibility index (Phi) is 15.0. The smallest absolute Gasteiger partial charge is 0.324 e. The van der Waals surface area contributed by atoms with E-state index in [4.69, 9.17) is 8.23 Å². The molecule has 6 N–H and O–H groups in total. The molecule has 3 aliphatic heterocycles. The molecule has 0 aromatic heterocycles. The van der Waals surface area contributed by atoms with Crippen LogP contribution < -0.4 is 0 Å². The Morgan fingerprint density at radius 2 is 0.635 bits per heavy atom. The highest BCUT2D eigenvalue weighted by molar-refractivity contribution is 6.85. The van der Waals surface area contributed by atoms with E-state index in [0.29, 0.717) is 51.9 Å². The molecule has 0 radical (unpaired) electrons. The van der Waals surface area contributed by atoms with Crippen molar-refractivity contribution >= 4 is 51.4 Å². The standard InChI is InChI=1S/C31H66N6O11Si4/c1-32-23(38)25(40)34(29(32)44)15-11-19-49(3,4)47-51(7,8)21-13-17-36-27(42)28(43)37(31(36)46)18-14-22-52(9,10)48-50(5,6)20-12-16-35-26(41)24(39)33(2)30(35)45/h23-28,38-43H,11-22H2,1-10H3. The van der Waals surface area contributed by atoms with Gasteiger partial charge >= 0.3 is 18.1 Å². The molecule has 0 aliphatic carbocycles. The van der Waals surface area contributed by atoms with E-state index < -0.39 is 88.7 Å². The minimum Gasteiger partial charge on any atom is -0.455 e. The Bertz CT molecular complexity index is 1160. The summed E-state index contributed by atoms with van der Waals surface area (Å²) in [5, 5.41) is 61.8. The Hall–Kier alpha value is -1.64. The Morgan fingerprint density at radius 1 is 0.423 bits per heavy atom. The summed E-state index contributed by atoms with van der Waals surface area (Å²) in [5.74, 6) is 0. The fourth-order valence-electron chi connectivity index (χ4n) is 7.61. The molecule has 3 saturated heterocycles. The molecule has 17 nitrogen and oxygen atoms in total. The number of nitrogens with zero attached hydrogens (tertiary/aromatic N) is 6. The number of rotatable bonds is 20. The van der Waals surface area contributed by atoms with Crippen molar-refractivity contribution in [2.24, 2.45) is 0 Å². The molecule has 52 heavy (non-hydrogen) atoms. The lowest BCUT2D eigenvalue weighted by Gasteiger charge is -2.35. The predicted molar refractivity (Wildman–Crippen MR) is 204 cm³/mol. The van der Waals surface area contributed by atoms with E-state index in [2.05, 4.69) is 52.4 Å². The van der Waals surface area contributed by atoms with Crippen molar-refractivity contribution < 1.29 is 53.3 Å². The summed E-state index contributed by atoms with van der Waals surface area (Å²) >= 11 is 0. The number of aliphatic hydroxyl groups excluding tert-OH is 6. The van der Waals surface area contributed by atoms with Crippen LogP contribution in [0.2, 0.25) is 76.6 Å². The van der Waals surface area contributed by atoms with Gasteiger partial charge in [0.15, 0.2) is 70.6 Å². The average molecular weight is 811 g/mol. The van der Waals surface area contributed by atoms with Crippen LogP contribution in [0.3, 0.4) is 0 Å². The highest BCUT2D eigenvalue weighted by atomic mass is 28.4. The third-order valence-electron chi connectivity index (χ3n) is 10.3. The Labute approximate surface area is 313 Å². The largest absolute Gasteiger partial charge is 0.455 e. The zero-order chi connectivity index (χ0) is 39.6. The average Bonchev–Trinajstić information content (AvgIpc) is 3.42. The first kappa shape index (κ1) is 44.8. The molecule has 3 fully saturated rings. The van der Waals surface area contributed by atoms with E-state index in [1.54, 1.807) is 0 Å². The molecule has 302 valence electrons. The molecular formula is C31H66N6O11Si4. The van der Waals surface area contributed by atoms with E-state index >= 15 is 0 Å². The molecule has 6 amide bonds. The number of amides is 6. The molecule has 0 aromatic carbocycles. The van der Waals surface area contributed by atoms with Gasteiger partial charge in [0.1, 0.15) is 0 Å². The number of likely N-dealkylation sites (N-methyl/N-ethyl adjacent to an activating group) is 2. The van der Waals surface area contributed by atoms with Crippen LogP contribution in [0.4, 0.5) is 14.4 Å². The predicted octanol–water partition coefficient (Wildman–Crippen LogP) is 1.78. The molecule has 3 heterocycles. The van der Waals surface area contributed by atoms with E-state index in [-0.39, 0.29) is 0 Å². The maximum absolute atomic E-state index is 13.3. The molecule has 0 spiro atoms. The quantitative estimate of drug-likeness (QED) is 0.0977. The van der Waals surface area contributed by atoms with Crippen LogP contribution in [0.15, 0.2) is 0 Å². The highest BCUT2D eigenvalue weighted by Gasteiger charge is 2.46. The van der Waals surface area contributed by atoms with Gasteiger partial charge in [0.2, 0.25) is 0 Å². The Morgan fingerprint density at radius 3 is 0.846 bits per heavy atom. The van der Waals surface area contributed by atoms with E-state index in [1.807, 2.05) is 0 Å². The van der Waals surface area contributed by atoms with Crippen molar-refractivity contribution in [3.63, 3.8) is 0 Å². The van der Waals surface area contributed by atoms with Gasteiger partial charge in [-0.1, -0.05) is 0 Å². The summed E-state index contributed by atoms with van der Waals surface area (Å²) in [5.41, 5.74) is 0. The third-order valence-corrected chi connectivity index (χ3v) is 25.3. The summed E-state index contributed by atoms with van der Waals surface area (Å²) in [4.78, 5) is 45.3. The molecule has 3 aliphatic rings. The topological polar surface area (TPSA) is 210 Å². The minimum atomic E-state index is -2.17. The van der Waals surface area contributed by atoms with Crippen molar-refractivity contribution in [3.05, 3.63) is 0 Å². The fraction of sp³-hybridized carbons (Fsp3) is 0.903. The van der Waals surface area contributed by atoms with Crippen molar-refractivity contribution in [1.29, 1.82) is 0 Å². The molecule has 6 unspecified atom stereocenters. The number of carbonyl (C=O) groups is 3. The van der Waals surface area contributed by atoms with Gasteiger partial charge in [-0.2, -0.15) is 0 Å². The molecule has 21 heteroatoms. The fourth-order valence-corrected chi connectivity index (χ4v) is 25.2. The van der Waals surface area contributed by atoms with Gasteiger partial charge < -0.3 is 38.9 Å². The number of carbonyl (C=O) groups excluding carboxylic acids is 3. The van der Waals surface area contributed by atoms with Crippen LogP contribution in [0.5, 0.6) is 0 Å². The van der Waals surface area contributed by atoms with Crippen LogP contribution >= 0.6 is 0 Å². The van der Waals surface area contributed by atoms with Gasteiger partial charge in [-0.15, -0.1) is 0 Å². The second-order valence-electron chi connectivity index (χ2n) is 17.0. The Balaban J connectivity index is 1.40. The van der Waals surface area contributed by atoms with Crippen LogP contribution in [0, 0.1) is 0 Å². The monoisotopic (exact) mass is 810 g/mol. The van der Waals surface area contributed by atoms with Crippen LogP contribution in [-0.4, -0.2) is 189 Å². The summed E-state index contributed by atoms with van der Waals surface area (Å²) in [6.45, 7) is 18.3. The lowest BCUT2D eigenvalue weighted by atomic mass is 10.4. The first-order valence-electron chi connectivity index (χ1n) is 18.4. The third kappa shape index (κ3) is 11.2. The molecule has 0 bridgehead atoms. The van der Waals surface area contributed by atoms with Gasteiger partial charge in [-0.3, -0.25) is 29.4 Å². The molecule has 0 aromatic rings. The highest BCUT2D eigenvalue weighted by Crippen LogP contribution is 2.29. The van der Waals surface area contributed by atoms with E-state index in [0.717, 1.165) is 34.0 Å². The van der Waals surface area contributed by atoms with Crippen LogP contribution in [0.1, 0.15) is 25.7 Å². The first-order valence-corrected chi connectivity index (χ1v) is 30.9. The van der Waals surface area contributed by atoms with Gasteiger partial charge in [-0.25, -0.2) is 14.4 Å². The summed E-state index contributed by atoms with van der Waals surface area (Å²) in [7, 11) is -5.70. The van der Waals surface area contributed by atoms with E-state index in [9.17, 15) is 45.0 Å². The van der Waals surface area contributed by atoms with Crippen LogP contribution in [-0.2, 0) is 8.23 Å². The maximum atomic E-state index is 13.3. The molecule has 0 saturated carbocycles. The number of hydrogen-bond donors (Lipinski definition) is 6. The SMILES string of the molecule is CN1C(=O)N(CCC[Si](C)(C)O[Si](C)(C)CCCN2C(=O)N(CCC[Si](C)(C)O[Si](C)(C)CCCN3C(=O)N(C)C(O)C3O)C(O)C2O)C(O)C1O. The van der Waals surface area contributed by atoms with Crippen molar-refractivity contribution in [2.45, 2.75) is 140 Å². The minimum absolute atomic E-state index is 0.290. The number of aliphatic hydroxyl groups is 6. The van der Waals surface area contributed by atoms with Crippen molar-refractivity contribution in [3.8, 4) is 0 Å². The lowest BCUT2D eigenvalue weighted by Crippen LogP contribution is -2.45. The summed E-state index contributed by atoms with van der Waals surface area (Å²) < 4.78 is 13.4. The zero-order valence-corrected chi connectivity index (χ0v) is 36.9. The van der Waals surface area contributed by atoms with Gasteiger partial charge in [0, 0.05) is 40.3 Å². The molecular weight excluding hydrogens is 745 g/mol. The van der Waals surface area contributed by atoms with Gasteiger partial charge in [0.05, 0.1) is 0 Å². The van der Waals surface area contributed by atoms with Crippen LogP contribution in [0.25, 0.3) is 0 Å². The summed E-state index contributed by atoms with van der Waals surface area (Å²) in [6.07, 6.45) is -5.11. The van der Waals surface area contributed by atoms with Gasteiger partial charge in [-0.05, 0) is 102 Å². The maximum Gasteiger partial charge on any atom is 0.324 e. The lowest BCUT2D eigenvalue weighted by molar-refractivity contribution is -0.0659. The first-order chi connectivity index (χ1) is 23.8. The second-order valence-corrected chi connectivity index (χ2v) is 34.7.